The molecule has 4 aromatic rings. The third kappa shape index (κ3) is 4.65. The Morgan fingerprint density at radius 3 is 1.84 bits per heavy atom. The van der Waals surface area contributed by atoms with Crippen molar-refractivity contribution in [2.45, 2.75) is 0 Å². The number of esters is 1. The molecule has 8 nitrogen and oxygen atoms in total. The van der Waals surface area contributed by atoms with E-state index in [1.807, 2.05) is 6.07 Å². The van der Waals surface area contributed by atoms with Gasteiger partial charge >= 0.3 is 11.9 Å². The maximum absolute atomic E-state index is 11.4. The van der Waals surface area contributed by atoms with Crippen LogP contribution in [-0.2, 0) is 4.74 Å². The fourth-order valence-corrected chi connectivity index (χ4v) is 3.11. The van der Waals surface area contributed by atoms with Gasteiger partial charge in [-0.2, -0.15) is 0 Å². The average Bonchev–Trinajstić information content (AvgIpc) is 2.77. The van der Waals surface area contributed by atoms with Crippen LogP contribution in [-0.4, -0.2) is 46.6 Å². The molecule has 4 N–H and O–H groups in total. The molecule has 0 aromatic heterocycles. The molecule has 32 heavy (non-hydrogen) atoms. The lowest BCUT2D eigenvalue weighted by molar-refractivity contribution is 0.0596. The Bertz CT molecular complexity index is 1330. The number of carboxylic acid groups (broad SMARTS) is 1. The second kappa shape index (κ2) is 9.13. The summed E-state index contributed by atoms with van der Waals surface area (Å²) in [7, 11) is 2.85. The number of ether oxygens (including phenoxy) is 2. The molecule has 0 aliphatic heterocycles. The summed E-state index contributed by atoms with van der Waals surface area (Å²) in [5, 5.41) is 40.0. The molecule has 0 amide bonds. The molecular formula is C24H20O8. The van der Waals surface area contributed by atoms with E-state index in [0.717, 1.165) is 10.8 Å². The van der Waals surface area contributed by atoms with Crippen molar-refractivity contribution in [1.82, 2.24) is 0 Å². The van der Waals surface area contributed by atoms with Crippen molar-refractivity contribution in [3.05, 3.63) is 71.8 Å². The molecule has 4 rings (SSSR count). The molecule has 0 aliphatic rings. The molecule has 0 heterocycles. The number of carbonyl (C=O) groups excluding carboxylic acids is 1. The maximum atomic E-state index is 11.4. The highest BCUT2D eigenvalue weighted by molar-refractivity contribution is 5.99. The van der Waals surface area contributed by atoms with Crippen LogP contribution in [0.25, 0.3) is 21.5 Å². The smallest absolute Gasteiger partial charge is 0.341 e. The second-order valence-corrected chi connectivity index (χ2v) is 6.78. The van der Waals surface area contributed by atoms with E-state index in [9.17, 15) is 24.9 Å². The standard InChI is InChI=1S/C13H12O4.C11H8O4/c1-16-10-4-3-8-7-12(14)11(13(15)17-2)6-9(8)5-10;12-8-2-1-6-5-10(13)9(11(14)15)4-7(6)3-8/h3-7,14H,1-2H3;1-5,12-13H,(H,14,15). The zero-order chi connectivity index (χ0) is 23.4. The van der Waals surface area contributed by atoms with Gasteiger partial charge in [0.25, 0.3) is 0 Å². The van der Waals surface area contributed by atoms with E-state index in [4.69, 9.17) is 9.84 Å². The Labute approximate surface area is 182 Å². The first-order valence-corrected chi connectivity index (χ1v) is 9.31. The van der Waals surface area contributed by atoms with Gasteiger partial charge in [-0.15, -0.1) is 0 Å². The molecular weight excluding hydrogens is 416 g/mol. The van der Waals surface area contributed by atoms with Crippen molar-refractivity contribution in [2.24, 2.45) is 0 Å². The minimum Gasteiger partial charge on any atom is -0.508 e. The Morgan fingerprint density at radius 1 is 0.688 bits per heavy atom. The van der Waals surface area contributed by atoms with E-state index in [-0.39, 0.29) is 28.4 Å². The van der Waals surface area contributed by atoms with Crippen LogP contribution in [0.1, 0.15) is 20.7 Å². The molecule has 8 heteroatoms. The van der Waals surface area contributed by atoms with E-state index in [2.05, 4.69) is 4.74 Å². The lowest BCUT2D eigenvalue weighted by Crippen LogP contribution is -2.01. The molecule has 164 valence electrons. The van der Waals surface area contributed by atoms with Crippen molar-refractivity contribution in [1.29, 1.82) is 0 Å². The lowest BCUT2D eigenvalue weighted by Gasteiger charge is -2.06. The SMILES string of the molecule is COC(=O)c1cc2cc(OC)ccc2cc1O.O=C(O)c1cc2cc(O)ccc2cc1O. The lowest BCUT2D eigenvalue weighted by atomic mass is 10.1. The number of rotatable bonds is 3. The summed E-state index contributed by atoms with van der Waals surface area (Å²) in [5.41, 5.74) is -0.0265. The van der Waals surface area contributed by atoms with Crippen molar-refractivity contribution in [3.63, 3.8) is 0 Å². The highest BCUT2D eigenvalue weighted by Crippen LogP contribution is 2.29. The largest absolute Gasteiger partial charge is 0.508 e. The summed E-state index contributed by atoms with van der Waals surface area (Å²) in [5.74, 6) is -1.37. The van der Waals surface area contributed by atoms with E-state index in [1.165, 1.54) is 37.4 Å². The van der Waals surface area contributed by atoms with Gasteiger partial charge in [0.15, 0.2) is 0 Å². The first kappa shape index (κ1) is 22.2. The topological polar surface area (TPSA) is 134 Å². The van der Waals surface area contributed by atoms with Crippen molar-refractivity contribution >= 4 is 33.5 Å². The van der Waals surface area contributed by atoms with Crippen LogP contribution in [0.2, 0.25) is 0 Å². The number of phenols is 3. The minimum absolute atomic E-state index is 0.0597. The molecule has 0 aliphatic carbocycles. The minimum atomic E-state index is -1.20. The number of hydrogen-bond acceptors (Lipinski definition) is 7. The fourth-order valence-electron chi connectivity index (χ4n) is 3.11. The number of methoxy groups -OCH3 is 2. The van der Waals surface area contributed by atoms with Gasteiger partial charge in [0.1, 0.15) is 34.1 Å². The Balaban J connectivity index is 0.000000182. The molecule has 0 spiro atoms. The second-order valence-electron chi connectivity index (χ2n) is 6.78. The monoisotopic (exact) mass is 436 g/mol. The fraction of sp³-hybridized carbons (Fsp3) is 0.0833. The van der Waals surface area contributed by atoms with E-state index in [0.29, 0.717) is 16.5 Å². The maximum Gasteiger partial charge on any atom is 0.341 e. The normalized spacial score (nSPS) is 10.3. The highest BCUT2D eigenvalue weighted by atomic mass is 16.5. The van der Waals surface area contributed by atoms with E-state index >= 15 is 0 Å². The van der Waals surface area contributed by atoms with Crippen molar-refractivity contribution < 1.29 is 39.5 Å². The predicted molar refractivity (Wildman–Crippen MR) is 118 cm³/mol. The number of carbonyl (C=O) groups is 2. The van der Waals surface area contributed by atoms with Gasteiger partial charge in [-0.25, -0.2) is 9.59 Å². The quantitative estimate of drug-likeness (QED) is 0.350. The van der Waals surface area contributed by atoms with Crippen LogP contribution in [0.3, 0.4) is 0 Å². The summed E-state index contributed by atoms with van der Waals surface area (Å²) in [4.78, 5) is 22.1. The number of aromatic hydroxyl groups is 3. The van der Waals surface area contributed by atoms with E-state index in [1.54, 1.807) is 31.4 Å². The van der Waals surface area contributed by atoms with Crippen LogP contribution in [0, 0.1) is 0 Å². The summed E-state index contributed by atoms with van der Waals surface area (Å²) >= 11 is 0. The third-order valence-electron chi connectivity index (χ3n) is 4.74. The average molecular weight is 436 g/mol. The Morgan fingerprint density at radius 2 is 1.25 bits per heavy atom. The zero-order valence-corrected chi connectivity index (χ0v) is 17.2. The predicted octanol–water partition coefficient (Wildman–Crippen LogP) is 4.29. The van der Waals surface area contributed by atoms with Crippen molar-refractivity contribution in [3.8, 4) is 23.0 Å². The first-order valence-electron chi connectivity index (χ1n) is 9.31. The highest BCUT2D eigenvalue weighted by Gasteiger charge is 2.13. The van der Waals surface area contributed by atoms with Crippen LogP contribution < -0.4 is 4.74 Å². The van der Waals surface area contributed by atoms with E-state index < -0.39 is 11.9 Å². The number of benzene rings is 4. The Kier molecular flexibility index (Phi) is 6.34. The summed E-state index contributed by atoms with van der Waals surface area (Å²) in [6.45, 7) is 0. The van der Waals surface area contributed by atoms with Crippen LogP contribution in [0.15, 0.2) is 60.7 Å². The van der Waals surface area contributed by atoms with Crippen molar-refractivity contribution in [2.75, 3.05) is 14.2 Å². The van der Waals surface area contributed by atoms with Crippen LogP contribution in [0.4, 0.5) is 0 Å². The zero-order valence-electron chi connectivity index (χ0n) is 17.2. The molecule has 0 fully saturated rings. The number of phenolic OH excluding ortho intramolecular Hbond substituents is 2. The Hall–Kier alpha value is -4.46. The van der Waals surface area contributed by atoms with Gasteiger partial charge in [0.05, 0.1) is 14.2 Å². The number of fused-ring (bicyclic) bond motifs is 2. The molecule has 0 bridgehead atoms. The summed E-state index contributed by atoms with van der Waals surface area (Å²) < 4.78 is 9.69. The molecule has 0 atom stereocenters. The number of carboxylic acids is 1. The van der Waals surface area contributed by atoms with Crippen LogP contribution >= 0.6 is 0 Å². The van der Waals surface area contributed by atoms with Gasteiger partial charge < -0.3 is 29.9 Å². The molecule has 0 unspecified atom stereocenters. The molecule has 0 saturated carbocycles. The summed E-state index contributed by atoms with van der Waals surface area (Å²) in [6.07, 6.45) is 0. The molecule has 0 radical (unpaired) electrons. The summed E-state index contributed by atoms with van der Waals surface area (Å²) in [6, 6.07) is 15.7. The molecule has 0 saturated heterocycles. The van der Waals surface area contributed by atoms with Gasteiger partial charge in [-0.05, 0) is 70.1 Å². The molecule has 4 aromatic carbocycles. The number of hydrogen-bond donors (Lipinski definition) is 4. The third-order valence-corrected chi connectivity index (χ3v) is 4.74. The van der Waals surface area contributed by atoms with Gasteiger partial charge in [0, 0.05) is 0 Å². The van der Waals surface area contributed by atoms with Gasteiger partial charge in [0.2, 0.25) is 0 Å². The van der Waals surface area contributed by atoms with Crippen LogP contribution in [0.5, 0.6) is 23.0 Å². The number of aromatic carboxylic acids is 1. The van der Waals surface area contributed by atoms with Gasteiger partial charge in [-0.3, -0.25) is 0 Å². The van der Waals surface area contributed by atoms with Gasteiger partial charge in [-0.1, -0.05) is 12.1 Å². The first-order chi connectivity index (χ1) is 15.2.